The minimum absolute atomic E-state index is 0.00784. The van der Waals surface area contributed by atoms with Gasteiger partial charge in [0.1, 0.15) is 5.82 Å². The molecule has 0 unspecified atom stereocenters. The number of methoxy groups -OCH3 is 1. The molecule has 0 spiro atoms. The number of nitrogens with two attached hydrogens (primary N) is 1. The molecule has 3 N–H and O–H groups in total. The van der Waals surface area contributed by atoms with Gasteiger partial charge in [0.15, 0.2) is 5.76 Å². The number of hydrogen-bond acceptors (Lipinski definition) is 6. The number of amides is 2. The molecule has 2 aromatic carbocycles. The van der Waals surface area contributed by atoms with Crippen molar-refractivity contribution >= 4 is 23.2 Å². The number of benzene rings is 2. The van der Waals surface area contributed by atoms with Crippen molar-refractivity contribution in [1.29, 1.82) is 0 Å². The predicted octanol–water partition coefficient (Wildman–Crippen LogP) is 2.52. The molecular weight excluding hydrogens is 427 g/mol. The number of halogens is 1. The Balaban J connectivity index is 1.51. The molecule has 0 aliphatic carbocycles. The van der Waals surface area contributed by atoms with E-state index in [9.17, 15) is 14.0 Å². The summed E-state index contributed by atoms with van der Waals surface area (Å²) in [6.07, 6.45) is 2.85. The topological polar surface area (TPSA) is 106 Å². The second kappa shape index (κ2) is 9.53. The molecule has 1 aromatic heterocycles. The number of ketones is 1. The van der Waals surface area contributed by atoms with Gasteiger partial charge in [-0.25, -0.2) is 19.7 Å². The Hall–Kier alpha value is -4.18. The lowest BCUT2D eigenvalue weighted by atomic mass is 10.2. The van der Waals surface area contributed by atoms with Gasteiger partial charge in [-0.15, -0.1) is 0 Å². The van der Waals surface area contributed by atoms with Crippen molar-refractivity contribution in [2.75, 3.05) is 30.1 Å². The molecular formula is C23H23FN6O3. The van der Waals surface area contributed by atoms with Crippen molar-refractivity contribution in [3.63, 3.8) is 0 Å². The second-order valence-electron chi connectivity index (χ2n) is 7.29. The summed E-state index contributed by atoms with van der Waals surface area (Å²) in [7, 11) is 1.34. The summed E-state index contributed by atoms with van der Waals surface area (Å²) in [5.74, 6) is 4.98. The number of allylic oxidation sites excluding steroid dienone is 1. The van der Waals surface area contributed by atoms with E-state index in [1.807, 2.05) is 30.3 Å². The molecule has 1 aliphatic rings. The third-order valence-corrected chi connectivity index (χ3v) is 5.19. The first-order valence-electron chi connectivity index (χ1n) is 10.2. The quantitative estimate of drug-likeness (QED) is 0.236. The standard InChI is InChI=1S/C23H23FN6O3/c1-33-22(21(31)14-18-9-10-27-30(18)16-5-3-2-4-6-16)15-29(25)20-8-7-17(13-19(20)24)28-12-11-26-23(28)32/h2-10,13,15H,11-12,14,25H2,1H3,(H,26,32). The SMILES string of the molecule is COC(=CN(N)c1ccc(N2CCNC2=O)cc1F)C(=O)Cc1ccnn1-c1ccccc1. The highest BCUT2D eigenvalue weighted by Gasteiger charge is 2.23. The molecule has 0 atom stereocenters. The van der Waals surface area contributed by atoms with Crippen LogP contribution in [0.25, 0.3) is 5.69 Å². The molecule has 0 radical (unpaired) electrons. The number of para-hydroxylation sites is 1. The number of anilines is 2. The van der Waals surface area contributed by atoms with Crippen LogP contribution in [0.1, 0.15) is 5.69 Å². The summed E-state index contributed by atoms with van der Waals surface area (Å²) in [4.78, 5) is 26.1. The number of nitrogens with one attached hydrogen (secondary N) is 1. The van der Waals surface area contributed by atoms with Crippen LogP contribution in [0.2, 0.25) is 0 Å². The molecule has 1 saturated heterocycles. The van der Waals surface area contributed by atoms with Gasteiger partial charge in [-0.2, -0.15) is 5.10 Å². The monoisotopic (exact) mass is 450 g/mol. The molecule has 0 saturated carbocycles. The van der Waals surface area contributed by atoms with Crippen LogP contribution in [0.5, 0.6) is 0 Å². The fourth-order valence-electron chi connectivity index (χ4n) is 3.54. The Morgan fingerprint density at radius 1 is 1.24 bits per heavy atom. The Morgan fingerprint density at radius 3 is 2.70 bits per heavy atom. The number of carbonyl (C=O) groups is 2. The van der Waals surface area contributed by atoms with Crippen LogP contribution >= 0.6 is 0 Å². The highest BCUT2D eigenvalue weighted by Crippen LogP contribution is 2.25. The normalized spacial score (nSPS) is 13.7. The highest BCUT2D eigenvalue weighted by molar-refractivity contribution is 5.95. The summed E-state index contributed by atoms with van der Waals surface area (Å²) < 4.78 is 21.6. The maximum atomic E-state index is 14.7. The first-order valence-corrected chi connectivity index (χ1v) is 10.2. The van der Waals surface area contributed by atoms with E-state index in [1.54, 1.807) is 23.0 Å². The molecule has 0 bridgehead atoms. The third-order valence-electron chi connectivity index (χ3n) is 5.19. The fourth-order valence-corrected chi connectivity index (χ4v) is 3.54. The Bertz CT molecular complexity index is 1190. The van der Waals surface area contributed by atoms with Gasteiger partial charge in [0.2, 0.25) is 5.78 Å². The van der Waals surface area contributed by atoms with E-state index >= 15 is 0 Å². The molecule has 9 nitrogen and oxygen atoms in total. The second-order valence-corrected chi connectivity index (χ2v) is 7.29. The Morgan fingerprint density at radius 2 is 2.03 bits per heavy atom. The van der Waals surface area contributed by atoms with Crippen LogP contribution in [-0.4, -0.2) is 41.8 Å². The zero-order valence-electron chi connectivity index (χ0n) is 17.9. The molecule has 2 heterocycles. The number of carbonyl (C=O) groups excluding carboxylic acids is 2. The number of ether oxygens (including phenoxy) is 1. The predicted molar refractivity (Wildman–Crippen MR) is 121 cm³/mol. The van der Waals surface area contributed by atoms with Crippen LogP contribution in [0.4, 0.5) is 20.6 Å². The highest BCUT2D eigenvalue weighted by atomic mass is 19.1. The van der Waals surface area contributed by atoms with E-state index in [1.165, 1.54) is 30.3 Å². The largest absolute Gasteiger partial charge is 0.492 e. The number of rotatable bonds is 8. The van der Waals surface area contributed by atoms with Gasteiger partial charge >= 0.3 is 6.03 Å². The van der Waals surface area contributed by atoms with E-state index in [-0.39, 0.29) is 29.7 Å². The molecule has 3 aromatic rings. The number of Topliss-reactive ketones (excluding diaryl/α,β-unsaturated/α-hetero) is 1. The number of hydrogen-bond donors (Lipinski definition) is 2. The van der Waals surface area contributed by atoms with Gasteiger partial charge in [-0.05, 0) is 36.4 Å². The Kier molecular flexibility index (Phi) is 6.36. The van der Waals surface area contributed by atoms with Crippen molar-refractivity contribution in [3.8, 4) is 5.69 Å². The van der Waals surface area contributed by atoms with Crippen molar-refractivity contribution in [3.05, 3.63) is 84.3 Å². The van der Waals surface area contributed by atoms with Crippen molar-refractivity contribution in [2.24, 2.45) is 5.84 Å². The van der Waals surface area contributed by atoms with E-state index < -0.39 is 5.82 Å². The summed E-state index contributed by atoms with van der Waals surface area (Å²) in [5, 5.41) is 7.92. The van der Waals surface area contributed by atoms with E-state index in [2.05, 4.69) is 10.4 Å². The third kappa shape index (κ3) is 4.70. The molecule has 1 fully saturated rings. The van der Waals surface area contributed by atoms with Gasteiger partial charge in [0, 0.05) is 25.0 Å². The van der Waals surface area contributed by atoms with Crippen LogP contribution in [0.3, 0.4) is 0 Å². The van der Waals surface area contributed by atoms with Gasteiger partial charge in [0.05, 0.1) is 36.8 Å². The van der Waals surface area contributed by atoms with Crippen LogP contribution in [-0.2, 0) is 16.0 Å². The first kappa shape index (κ1) is 22.0. The maximum absolute atomic E-state index is 14.7. The van der Waals surface area contributed by atoms with Crippen molar-refractivity contribution in [1.82, 2.24) is 15.1 Å². The van der Waals surface area contributed by atoms with E-state index in [4.69, 9.17) is 10.6 Å². The van der Waals surface area contributed by atoms with E-state index in [0.717, 1.165) is 10.7 Å². The van der Waals surface area contributed by atoms with Crippen LogP contribution < -0.4 is 21.1 Å². The zero-order chi connectivity index (χ0) is 23.4. The number of nitrogens with zero attached hydrogens (tertiary/aromatic N) is 4. The zero-order valence-corrected chi connectivity index (χ0v) is 17.9. The van der Waals surface area contributed by atoms with Crippen LogP contribution in [0.15, 0.2) is 72.8 Å². The maximum Gasteiger partial charge on any atom is 0.321 e. The lowest BCUT2D eigenvalue weighted by Crippen LogP contribution is -2.29. The van der Waals surface area contributed by atoms with Gasteiger partial charge in [-0.3, -0.25) is 14.7 Å². The lowest BCUT2D eigenvalue weighted by Gasteiger charge is -2.19. The van der Waals surface area contributed by atoms with Crippen molar-refractivity contribution < 1.29 is 18.7 Å². The first-order chi connectivity index (χ1) is 16.0. The molecule has 1 aliphatic heterocycles. The molecule has 170 valence electrons. The minimum Gasteiger partial charge on any atom is -0.492 e. The molecule has 33 heavy (non-hydrogen) atoms. The van der Waals surface area contributed by atoms with Gasteiger partial charge < -0.3 is 10.1 Å². The summed E-state index contributed by atoms with van der Waals surface area (Å²) in [6, 6.07) is 15.1. The number of aromatic nitrogens is 2. The lowest BCUT2D eigenvalue weighted by molar-refractivity contribution is -0.117. The molecule has 4 rings (SSSR count). The van der Waals surface area contributed by atoms with E-state index in [0.29, 0.717) is 24.5 Å². The Labute approximate surface area is 189 Å². The average Bonchev–Trinajstić information content (AvgIpc) is 3.46. The van der Waals surface area contributed by atoms with Crippen LogP contribution in [0, 0.1) is 5.82 Å². The summed E-state index contributed by atoms with van der Waals surface area (Å²) >= 11 is 0. The number of urea groups is 1. The van der Waals surface area contributed by atoms with Gasteiger partial charge in [-0.1, -0.05) is 18.2 Å². The molecule has 10 heteroatoms. The fraction of sp³-hybridized carbons (Fsp3) is 0.174. The minimum atomic E-state index is -0.643. The van der Waals surface area contributed by atoms with Gasteiger partial charge in [0.25, 0.3) is 0 Å². The average molecular weight is 450 g/mol. The number of hydrazine groups is 1. The smallest absolute Gasteiger partial charge is 0.321 e. The summed E-state index contributed by atoms with van der Waals surface area (Å²) in [5.41, 5.74) is 1.93. The molecule has 2 amide bonds. The van der Waals surface area contributed by atoms with Crippen molar-refractivity contribution in [2.45, 2.75) is 6.42 Å². The summed E-state index contributed by atoms with van der Waals surface area (Å²) in [6.45, 7) is 0.947.